The molecule has 0 radical (unpaired) electrons. The average molecular weight is 614 g/mol. The molecule has 1 atom stereocenters. The summed E-state index contributed by atoms with van der Waals surface area (Å²) in [5, 5.41) is 2.70. The van der Waals surface area contributed by atoms with Crippen LogP contribution in [0.5, 0.6) is 5.75 Å². The molecule has 0 unspecified atom stereocenters. The van der Waals surface area contributed by atoms with Gasteiger partial charge >= 0.3 is 0 Å². The Hall–Kier alpha value is -4.63. The summed E-state index contributed by atoms with van der Waals surface area (Å²) in [6.07, 6.45) is 0.240. The summed E-state index contributed by atoms with van der Waals surface area (Å²) in [6, 6.07) is 27.8. The standard InChI is InChI=1S/C35H39N3O5S/c1-25-15-18-31(19-16-25)44(41,42)38(32-20-26(2)14-17-27(32)3)24-34(39)37(23-29-12-9-13-30(21-29)43-5)33(35(40)36-4)22-28-10-7-6-8-11-28/h6-21,33H,22-24H2,1-5H3,(H,36,40)/t33-/m1/s1. The molecule has 0 heterocycles. The van der Waals surface area contributed by atoms with Crippen molar-refractivity contribution < 1.29 is 22.7 Å². The van der Waals surface area contributed by atoms with Crippen molar-refractivity contribution in [1.82, 2.24) is 10.2 Å². The lowest BCUT2D eigenvalue weighted by Crippen LogP contribution is -2.53. The van der Waals surface area contributed by atoms with Crippen molar-refractivity contribution >= 4 is 27.5 Å². The smallest absolute Gasteiger partial charge is 0.264 e. The number of carbonyl (C=O) groups is 2. The predicted octanol–water partition coefficient (Wildman–Crippen LogP) is 5.20. The number of likely N-dealkylation sites (N-methyl/N-ethyl adjacent to an activating group) is 1. The van der Waals surface area contributed by atoms with Crippen molar-refractivity contribution in [1.29, 1.82) is 0 Å². The summed E-state index contributed by atoms with van der Waals surface area (Å²) in [4.78, 5) is 29.4. The third-order valence-corrected chi connectivity index (χ3v) is 9.30. The van der Waals surface area contributed by atoms with Gasteiger partial charge in [0.05, 0.1) is 17.7 Å². The number of anilines is 1. The number of hydrogen-bond acceptors (Lipinski definition) is 5. The van der Waals surface area contributed by atoms with Gasteiger partial charge in [-0.05, 0) is 73.4 Å². The van der Waals surface area contributed by atoms with Gasteiger partial charge in [-0.2, -0.15) is 0 Å². The van der Waals surface area contributed by atoms with E-state index in [4.69, 9.17) is 4.74 Å². The van der Waals surface area contributed by atoms with E-state index in [1.807, 2.05) is 75.4 Å². The van der Waals surface area contributed by atoms with Gasteiger partial charge in [0, 0.05) is 20.0 Å². The van der Waals surface area contributed by atoms with E-state index in [0.29, 0.717) is 17.0 Å². The quantitative estimate of drug-likeness (QED) is 0.237. The minimum atomic E-state index is -4.17. The van der Waals surface area contributed by atoms with Crippen molar-refractivity contribution in [2.24, 2.45) is 0 Å². The molecule has 4 aromatic rings. The molecule has 44 heavy (non-hydrogen) atoms. The first-order valence-corrected chi connectivity index (χ1v) is 15.8. The Labute approximate surface area is 260 Å². The van der Waals surface area contributed by atoms with Crippen LogP contribution in [0.4, 0.5) is 5.69 Å². The molecule has 0 saturated heterocycles. The first-order chi connectivity index (χ1) is 21.0. The van der Waals surface area contributed by atoms with E-state index in [1.165, 1.54) is 11.9 Å². The summed E-state index contributed by atoms with van der Waals surface area (Å²) < 4.78 is 35.0. The van der Waals surface area contributed by atoms with Crippen LogP contribution < -0.4 is 14.4 Å². The average Bonchev–Trinajstić information content (AvgIpc) is 3.03. The summed E-state index contributed by atoms with van der Waals surface area (Å²) in [7, 11) is -1.08. The normalized spacial score (nSPS) is 11.8. The largest absolute Gasteiger partial charge is 0.497 e. The molecule has 0 spiro atoms. The number of carbonyl (C=O) groups excluding carboxylic acids is 2. The molecule has 0 aromatic heterocycles. The van der Waals surface area contributed by atoms with E-state index < -0.39 is 28.5 Å². The number of nitrogens with one attached hydrogen (secondary N) is 1. The van der Waals surface area contributed by atoms with Crippen LogP contribution in [0.1, 0.15) is 27.8 Å². The first-order valence-electron chi connectivity index (χ1n) is 14.4. The highest BCUT2D eigenvalue weighted by molar-refractivity contribution is 7.92. The lowest BCUT2D eigenvalue weighted by molar-refractivity contribution is -0.139. The van der Waals surface area contributed by atoms with Crippen molar-refractivity contribution in [2.75, 3.05) is 25.0 Å². The highest BCUT2D eigenvalue weighted by Gasteiger charge is 2.35. The zero-order chi connectivity index (χ0) is 31.9. The van der Waals surface area contributed by atoms with Gasteiger partial charge in [-0.15, -0.1) is 0 Å². The van der Waals surface area contributed by atoms with Gasteiger partial charge in [-0.3, -0.25) is 13.9 Å². The molecule has 4 aromatic carbocycles. The molecule has 4 rings (SSSR count). The van der Waals surface area contributed by atoms with Gasteiger partial charge < -0.3 is 15.0 Å². The number of sulfonamides is 1. The minimum Gasteiger partial charge on any atom is -0.497 e. The molecule has 0 bridgehead atoms. The predicted molar refractivity (Wildman–Crippen MR) is 173 cm³/mol. The van der Waals surface area contributed by atoms with Gasteiger partial charge in [-0.1, -0.05) is 72.3 Å². The Bertz CT molecular complexity index is 1710. The number of benzene rings is 4. The molecule has 230 valence electrons. The fourth-order valence-electron chi connectivity index (χ4n) is 5.03. The number of aryl methyl sites for hydroxylation is 3. The molecule has 0 aliphatic carbocycles. The monoisotopic (exact) mass is 613 g/mol. The molecule has 0 fully saturated rings. The lowest BCUT2D eigenvalue weighted by atomic mass is 10.0. The Morgan fingerprint density at radius 3 is 2.14 bits per heavy atom. The molecule has 8 nitrogen and oxygen atoms in total. The van der Waals surface area contributed by atoms with E-state index in [0.717, 1.165) is 26.6 Å². The van der Waals surface area contributed by atoms with E-state index in [-0.39, 0.29) is 23.8 Å². The highest BCUT2D eigenvalue weighted by Crippen LogP contribution is 2.29. The Morgan fingerprint density at radius 2 is 1.48 bits per heavy atom. The van der Waals surface area contributed by atoms with E-state index >= 15 is 0 Å². The molecule has 1 N–H and O–H groups in total. The van der Waals surface area contributed by atoms with Crippen LogP contribution in [0.2, 0.25) is 0 Å². The number of hydrogen-bond donors (Lipinski definition) is 1. The molecular formula is C35H39N3O5S. The minimum absolute atomic E-state index is 0.0617. The number of methoxy groups -OCH3 is 1. The van der Waals surface area contributed by atoms with Gasteiger partial charge in [0.1, 0.15) is 18.3 Å². The van der Waals surface area contributed by atoms with Gasteiger partial charge in [0.15, 0.2) is 0 Å². The second-order valence-corrected chi connectivity index (χ2v) is 12.7. The molecular weight excluding hydrogens is 574 g/mol. The summed E-state index contributed by atoms with van der Waals surface area (Å²) in [5.41, 5.74) is 4.47. The van der Waals surface area contributed by atoms with E-state index in [9.17, 15) is 18.0 Å². The molecule has 2 amide bonds. The summed E-state index contributed by atoms with van der Waals surface area (Å²) in [6.45, 7) is 5.12. The molecule has 9 heteroatoms. The third-order valence-electron chi connectivity index (χ3n) is 7.53. The fourth-order valence-corrected chi connectivity index (χ4v) is 6.50. The lowest BCUT2D eigenvalue weighted by Gasteiger charge is -2.34. The maximum atomic E-state index is 14.5. The molecule has 0 saturated carbocycles. The topological polar surface area (TPSA) is 96.0 Å². The maximum Gasteiger partial charge on any atom is 0.264 e. The van der Waals surface area contributed by atoms with Crippen LogP contribution in [0.15, 0.2) is 102 Å². The summed E-state index contributed by atoms with van der Waals surface area (Å²) in [5.74, 6) is -0.271. The fraction of sp³-hybridized carbons (Fsp3) is 0.257. The van der Waals surface area contributed by atoms with Crippen LogP contribution in [0, 0.1) is 20.8 Å². The maximum absolute atomic E-state index is 14.5. The second-order valence-electron chi connectivity index (χ2n) is 10.8. The zero-order valence-corrected chi connectivity index (χ0v) is 26.6. The Kier molecular flexibility index (Phi) is 10.4. The van der Waals surface area contributed by atoms with E-state index in [1.54, 1.807) is 49.6 Å². The zero-order valence-electron chi connectivity index (χ0n) is 25.8. The number of nitrogens with zero attached hydrogens (tertiary/aromatic N) is 2. The third kappa shape index (κ3) is 7.65. The number of amides is 2. The van der Waals surface area contributed by atoms with Crippen molar-refractivity contribution in [3.05, 3.63) is 125 Å². The Balaban J connectivity index is 1.82. The number of ether oxygens (including phenoxy) is 1. The van der Waals surface area contributed by atoms with E-state index in [2.05, 4.69) is 5.32 Å². The van der Waals surface area contributed by atoms with Gasteiger partial charge in [0.25, 0.3) is 10.0 Å². The summed E-state index contributed by atoms with van der Waals surface area (Å²) >= 11 is 0. The van der Waals surface area contributed by atoms with Crippen molar-refractivity contribution in [3.63, 3.8) is 0 Å². The van der Waals surface area contributed by atoms with Gasteiger partial charge in [-0.25, -0.2) is 8.42 Å². The first kappa shape index (κ1) is 32.3. The van der Waals surface area contributed by atoms with Gasteiger partial charge in [0.2, 0.25) is 11.8 Å². The second kappa shape index (κ2) is 14.2. The van der Waals surface area contributed by atoms with Crippen molar-refractivity contribution in [3.8, 4) is 5.75 Å². The van der Waals surface area contributed by atoms with Crippen LogP contribution in [0.3, 0.4) is 0 Å². The SMILES string of the molecule is CNC(=O)[C@@H](Cc1ccccc1)N(Cc1cccc(OC)c1)C(=O)CN(c1cc(C)ccc1C)S(=O)(=O)c1ccc(C)cc1. The van der Waals surface area contributed by atoms with Crippen LogP contribution in [0.25, 0.3) is 0 Å². The van der Waals surface area contributed by atoms with Crippen molar-refractivity contribution in [2.45, 2.75) is 44.7 Å². The van der Waals surface area contributed by atoms with Crippen LogP contribution in [-0.2, 0) is 32.6 Å². The molecule has 0 aliphatic heterocycles. The number of rotatable bonds is 12. The highest BCUT2D eigenvalue weighted by atomic mass is 32.2. The molecule has 0 aliphatic rings. The Morgan fingerprint density at radius 1 is 0.818 bits per heavy atom. The van der Waals surface area contributed by atoms with Crippen LogP contribution >= 0.6 is 0 Å². The van der Waals surface area contributed by atoms with Crippen LogP contribution in [-0.4, -0.2) is 51.9 Å².